The fraction of sp³-hybridized carbons (Fsp3) is 0.238. The van der Waals surface area contributed by atoms with E-state index in [-0.39, 0.29) is 5.91 Å². The Kier molecular flexibility index (Phi) is 5.43. The number of amides is 1. The third-order valence-electron chi connectivity index (χ3n) is 4.75. The van der Waals surface area contributed by atoms with Gasteiger partial charge < -0.3 is 9.88 Å². The molecule has 0 bridgehead atoms. The Bertz CT molecular complexity index is 968. The molecule has 3 aromatic rings. The van der Waals surface area contributed by atoms with Crippen molar-refractivity contribution in [3.63, 3.8) is 0 Å². The minimum absolute atomic E-state index is 0.278. The van der Waals surface area contributed by atoms with Gasteiger partial charge in [0.1, 0.15) is 5.82 Å². The minimum Gasteiger partial charge on any atom is -0.328 e. The zero-order chi connectivity index (χ0) is 19.5. The molecule has 0 atom stereocenters. The van der Waals surface area contributed by atoms with E-state index in [1.54, 1.807) is 12.1 Å². The molecule has 0 spiro atoms. The molecule has 2 heterocycles. The molecule has 4 rings (SSSR count). The molecule has 144 valence electrons. The Morgan fingerprint density at radius 2 is 1.82 bits per heavy atom. The summed E-state index contributed by atoms with van der Waals surface area (Å²) in [5, 5.41) is 2.83. The maximum absolute atomic E-state index is 12.4. The highest BCUT2D eigenvalue weighted by molar-refractivity contribution is 7.99. The van der Waals surface area contributed by atoms with Gasteiger partial charge in [0, 0.05) is 40.1 Å². The Morgan fingerprint density at radius 3 is 2.54 bits per heavy atom. The molecule has 0 unspecified atom stereocenters. The Morgan fingerprint density at radius 1 is 1.07 bits per heavy atom. The van der Waals surface area contributed by atoms with Crippen molar-refractivity contribution in [3.8, 4) is 11.4 Å². The number of nitrogens with zero attached hydrogens (tertiary/aromatic N) is 2. The van der Waals surface area contributed by atoms with Crippen LogP contribution in [0.3, 0.4) is 0 Å². The normalized spacial score (nSPS) is 13.4. The molecule has 1 amide bonds. The highest BCUT2D eigenvalue weighted by Crippen LogP contribution is 2.27. The van der Waals surface area contributed by atoms with Crippen LogP contribution < -0.4 is 5.32 Å². The molecule has 7 heteroatoms. The Hall–Kier alpha value is -2.67. The molecule has 1 N–H and O–H groups in total. The number of benzene rings is 2. The van der Waals surface area contributed by atoms with E-state index in [1.165, 1.54) is 30.7 Å². The molecule has 1 aromatic heterocycles. The van der Waals surface area contributed by atoms with Crippen molar-refractivity contribution in [2.24, 2.45) is 0 Å². The molecule has 1 aliphatic rings. The van der Waals surface area contributed by atoms with Gasteiger partial charge in [0.25, 0.3) is 11.7 Å². The number of nitrogens with one attached hydrogen (secondary N) is 1. The maximum Gasteiger partial charge on any atom is 0.288 e. The van der Waals surface area contributed by atoms with E-state index in [2.05, 4.69) is 14.9 Å². The predicted molar refractivity (Wildman–Crippen MR) is 107 cm³/mol. The summed E-state index contributed by atoms with van der Waals surface area (Å²) in [5.41, 5.74) is 3.38. The second-order valence-electron chi connectivity index (χ2n) is 6.62. The quantitative estimate of drug-likeness (QED) is 0.580. The summed E-state index contributed by atoms with van der Waals surface area (Å²) in [4.78, 5) is 17.4. The lowest BCUT2D eigenvalue weighted by Crippen LogP contribution is -2.12. The average molecular weight is 399 g/mol. The lowest BCUT2D eigenvalue weighted by Gasteiger charge is -2.16. The Labute approximate surface area is 166 Å². The zero-order valence-electron chi connectivity index (χ0n) is 15.1. The number of alkyl halides is 2. The largest absolute Gasteiger partial charge is 0.328 e. The SMILES string of the molecule is O=C(Nc1ccc(-c2ncc3n2CCCC3)cc1)c1ccc(SC(F)F)cc1. The van der Waals surface area contributed by atoms with Crippen molar-refractivity contribution in [2.45, 2.75) is 36.5 Å². The number of hydrogen-bond acceptors (Lipinski definition) is 3. The molecule has 0 saturated carbocycles. The lowest BCUT2D eigenvalue weighted by atomic mass is 10.1. The van der Waals surface area contributed by atoms with Crippen LogP contribution in [-0.4, -0.2) is 21.2 Å². The van der Waals surface area contributed by atoms with E-state index in [9.17, 15) is 13.6 Å². The average Bonchev–Trinajstić information content (AvgIpc) is 3.13. The first-order chi connectivity index (χ1) is 13.6. The highest BCUT2D eigenvalue weighted by Gasteiger charge is 2.15. The van der Waals surface area contributed by atoms with Gasteiger partial charge in [-0.25, -0.2) is 4.98 Å². The van der Waals surface area contributed by atoms with Crippen LogP contribution in [0.4, 0.5) is 14.5 Å². The zero-order valence-corrected chi connectivity index (χ0v) is 15.9. The topological polar surface area (TPSA) is 46.9 Å². The number of halogens is 2. The van der Waals surface area contributed by atoms with Crippen LogP contribution in [0.5, 0.6) is 0 Å². The highest BCUT2D eigenvalue weighted by atomic mass is 32.2. The van der Waals surface area contributed by atoms with Crippen LogP contribution in [0, 0.1) is 0 Å². The van der Waals surface area contributed by atoms with Crippen LogP contribution in [-0.2, 0) is 13.0 Å². The standard InChI is InChI=1S/C21H19F2N3OS/c22-21(23)28-18-10-6-15(7-11-18)20(27)25-16-8-4-14(5-9-16)19-24-13-17-3-1-2-12-26(17)19/h4-11,13,21H,1-3,12H2,(H,25,27). The number of imidazole rings is 1. The van der Waals surface area contributed by atoms with Gasteiger partial charge >= 0.3 is 0 Å². The number of carbonyl (C=O) groups excluding carboxylic acids is 1. The molecule has 1 aliphatic heterocycles. The number of thioether (sulfide) groups is 1. The third kappa shape index (κ3) is 4.09. The summed E-state index contributed by atoms with van der Waals surface area (Å²) in [6.45, 7) is 0.989. The van der Waals surface area contributed by atoms with Gasteiger partial charge in [0.15, 0.2) is 0 Å². The molecule has 0 fully saturated rings. The minimum atomic E-state index is -2.47. The summed E-state index contributed by atoms with van der Waals surface area (Å²) in [7, 11) is 0. The van der Waals surface area contributed by atoms with Crippen LogP contribution in [0.15, 0.2) is 59.6 Å². The van der Waals surface area contributed by atoms with Crippen molar-refractivity contribution < 1.29 is 13.6 Å². The molecule has 0 aliphatic carbocycles. The molecule has 4 nitrogen and oxygen atoms in total. The van der Waals surface area contributed by atoms with E-state index in [1.807, 2.05) is 30.5 Å². The molecule has 28 heavy (non-hydrogen) atoms. The number of hydrogen-bond donors (Lipinski definition) is 1. The van der Waals surface area contributed by atoms with Crippen molar-refractivity contribution >= 4 is 23.4 Å². The van der Waals surface area contributed by atoms with Crippen molar-refractivity contribution in [1.29, 1.82) is 0 Å². The molecule has 0 radical (unpaired) electrons. The van der Waals surface area contributed by atoms with E-state index in [0.717, 1.165) is 24.4 Å². The second-order valence-corrected chi connectivity index (χ2v) is 7.68. The van der Waals surface area contributed by atoms with Crippen LogP contribution in [0.1, 0.15) is 28.9 Å². The maximum atomic E-state index is 12.4. The van der Waals surface area contributed by atoms with Crippen LogP contribution >= 0.6 is 11.8 Å². The molecule has 2 aromatic carbocycles. The van der Waals surface area contributed by atoms with Gasteiger partial charge in [-0.05, 0) is 67.8 Å². The number of anilines is 1. The fourth-order valence-corrected chi connectivity index (χ4v) is 3.86. The van der Waals surface area contributed by atoms with Gasteiger partial charge in [-0.3, -0.25) is 4.79 Å². The first kappa shape index (κ1) is 18.7. The summed E-state index contributed by atoms with van der Waals surface area (Å²) in [6, 6.07) is 13.7. The number of aromatic nitrogens is 2. The van der Waals surface area contributed by atoms with Crippen molar-refractivity contribution in [1.82, 2.24) is 9.55 Å². The van der Waals surface area contributed by atoms with Crippen molar-refractivity contribution in [2.75, 3.05) is 5.32 Å². The Balaban J connectivity index is 1.44. The van der Waals surface area contributed by atoms with E-state index >= 15 is 0 Å². The summed E-state index contributed by atoms with van der Waals surface area (Å²) in [5.74, 6) is -1.79. The van der Waals surface area contributed by atoms with E-state index in [0.29, 0.717) is 27.9 Å². The van der Waals surface area contributed by atoms with Crippen molar-refractivity contribution in [3.05, 3.63) is 66.0 Å². The first-order valence-corrected chi connectivity index (χ1v) is 9.99. The summed E-state index contributed by atoms with van der Waals surface area (Å²) >= 11 is 0.460. The summed E-state index contributed by atoms with van der Waals surface area (Å²) < 4.78 is 27.0. The molecular weight excluding hydrogens is 380 g/mol. The van der Waals surface area contributed by atoms with Crippen LogP contribution in [0.2, 0.25) is 0 Å². The number of rotatable bonds is 5. The van der Waals surface area contributed by atoms with Gasteiger partial charge in [-0.2, -0.15) is 8.78 Å². The fourth-order valence-electron chi connectivity index (χ4n) is 3.36. The smallest absolute Gasteiger partial charge is 0.288 e. The summed E-state index contributed by atoms with van der Waals surface area (Å²) in [6.07, 6.45) is 5.38. The van der Waals surface area contributed by atoms with Crippen LogP contribution in [0.25, 0.3) is 11.4 Å². The molecule has 0 saturated heterocycles. The number of carbonyl (C=O) groups is 1. The number of aryl methyl sites for hydroxylation is 1. The monoisotopic (exact) mass is 399 g/mol. The predicted octanol–water partition coefficient (Wildman–Crippen LogP) is 5.45. The van der Waals surface area contributed by atoms with Gasteiger partial charge in [-0.15, -0.1) is 0 Å². The lowest BCUT2D eigenvalue weighted by molar-refractivity contribution is 0.102. The van der Waals surface area contributed by atoms with E-state index < -0.39 is 5.76 Å². The third-order valence-corrected chi connectivity index (χ3v) is 5.47. The van der Waals surface area contributed by atoms with Gasteiger partial charge in [-0.1, -0.05) is 11.8 Å². The molecular formula is C21H19F2N3OS. The van der Waals surface area contributed by atoms with Gasteiger partial charge in [0.05, 0.1) is 0 Å². The second kappa shape index (κ2) is 8.14. The van der Waals surface area contributed by atoms with E-state index in [4.69, 9.17) is 0 Å². The first-order valence-electron chi connectivity index (χ1n) is 9.11. The number of fused-ring (bicyclic) bond motifs is 1. The van der Waals surface area contributed by atoms with Gasteiger partial charge in [0.2, 0.25) is 0 Å².